The molecular weight excluding hydrogens is 270 g/mol. The molecule has 1 heterocycles. The van der Waals surface area contributed by atoms with Crippen LogP contribution < -0.4 is 11.1 Å². The smallest absolute Gasteiger partial charge is 0.257 e. The van der Waals surface area contributed by atoms with Gasteiger partial charge in [-0.25, -0.2) is 4.98 Å². The first-order chi connectivity index (χ1) is 9.60. The van der Waals surface area contributed by atoms with Crippen molar-refractivity contribution in [3.63, 3.8) is 0 Å². The molecule has 0 radical (unpaired) electrons. The van der Waals surface area contributed by atoms with Crippen molar-refractivity contribution in [1.82, 2.24) is 4.98 Å². The van der Waals surface area contributed by atoms with Gasteiger partial charge in [0.15, 0.2) is 5.13 Å². The number of anilines is 1. The summed E-state index contributed by atoms with van der Waals surface area (Å²) in [6, 6.07) is 5.43. The third-order valence-electron chi connectivity index (χ3n) is 2.66. The Labute approximate surface area is 122 Å². The summed E-state index contributed by atoms with van der Waals surface area (Å²) in [5.41, 5.74) is 8.66. The van der Waals surface area contributed by atoms with E-state index in [0.717, 1.165) is 16.8 Å². The van der Waals surface area contributed by atoms with Gasteiger partial charge in [-0.1, -0.05) is 17.9 Å². The van der Waals surface area contributed by atoms with Crippen LogP contribution in [0.5, 0.6) is 0 Å². The lowest BCUT2D eigenvalue weighted by Gasteiger charge is -2.04. The van der Waals surface area contributed by atoms with E-state index in [1.54, 1.807) is 12.1 Å². The van der Waals surface area contributed by atoms with Crippen LogP contribution in [-0.2, 0) is 0 Å². The largest absolute Gasteiger partial charge is 0.320 e. The van der Waals surface area contributed by atoms with E-state index in [1.807, 2.05) is 25.3 Å². The summed E-state index contributed by atoms with van der Waals surface area (Å²) >= 11 is 1.41. The van der Waals surface area contributed by atoms with Crippen LogP contribution in [0.2, 0.25) is 0 Å². The first kappa shape index (κ1) is 14.3. The highest BCUT2D eigenvalue weighted by molar-refractivity contribution is 7.13. The van der Waals surface area contributed by atoms with Gasteiger partial charge in [0.25, 0.3) is 5.91 Å². The highest BCUT2D eigenvalue weighted by atomic mass is 32.1. The lowest BCUT2D eigenvalue weighted by atomic mass is 10.0. The number of amides is 1. The maximum absolute atomic E-state index is 12.1. The molecule has 0 spiro atoms. The zero-order chi connectivity index (χ0) is 14.5. The standard InChI is InChI=1S/C15H15N3OS/c1-10-5-6-13(8-12(10)4-3-7-16)14(19)18-15-17-11(2)9-20-15/h5-6,8-9H,7,16H2,1-2H3,(H,17,18,19). The molecule has 102 valence electrons. The van der Waals surface area contributed by atoms with Crippen LogP contribution in [0, 0.1) is 25.7 Å². The van der Waals surface area contributed by atoms with E-state index in [2.05, 4.69) is 22.1 Å². The Hall–Kier alpha value is -2.16. The summed E-state index contributed by atoms with van der Waals surface area (Å²) in [6.07, 6.45) is 0. The average Bonchev–Trinajstić information content (AvgIpc) is 2.83. The third-order valence-corrected chi connectivity index (χ3v) is 3.54. The molecule has 0 atom stereocenters. The van der Waals surface area contributed by atoms with Crippen molar-refractivity contribution in [2.24, 2.45) is 5.73 Å². The van der Waals surface area contributed by atoms with Gasteiger partial charge in [-0.3, -0.25) is 10.1 Å². The van der Waals surface area contributed by atoms with Crippen molar-refractivity contribution in [2.45, 2.75) is 13.8 Å². The molecule has 0 fully saturated rings. The van der Waals surface area contributed by atoms with Gasteiger partial charge < -0.3 is 5.73 Å². The fourth-order valence-corrected chi connectivity index (χ4v) is 2.31. The second kappa shape index (κ2) is 6.33. The summed E-state index contributed by atoms with van der Waals surface area (Å²) in [4.78, 5) is 16.4. The Bertz CT molecular complexity index is 695. The lowest BCUT2D eigenvalue weighted by molar-refractivity contribution is 0.102. The number of carbonyl (C=O) groups is 1. The fourth-order valence-electron chi connectivity index (χ4n) is 1.62. The number of aryl methyl sites for hydroxylation is 2. The zero-order valence-corrected chi connectivity index (χ0v) is 12.2. The van der Waals surface area contributed by atoms with Gasteiger partial charge >= 0.3 is 0 Å². The molecule has 1 amide bonds. The first-order valence-electron chi connectivity index (χ1n) is 6.13. The summed E-state index contributed by atoms with van der Waals surface area (Å²) < 4.78 is 0. The van der Waals surface area contributed by atoms with E-state index < -0.39 is 0 Å². The van der Waals surface area contributed by atoms with E-state index in [0.29, 0.717) is 17.2 Å². The number of nitrogens with zero attached hydrogens (tertiary/aromatic N) is 1. The maximum Gasteiger partial charge on any atom is 0.257 e. The minimum atomic E-state index is -0.185. The highest BCUT2D eigenvalue weighted by Crippen LogP contribution is 2.17. The van der Waals surface area contributed by atoms with Gasteiger partial charge in [0, 0.05) is 16.5 Å². The Kier molecular flexibility index (Phi) is 4.51. The number of nitrogens with two attached hydrogens (primary N) is 1. The van der Waals surface area contributed by atoms with Gasteiger partial charge in [-0.05, 0) is 31.5 Å². The summed E-state index contributed by atoms with van der Waals surface area (Å²) in [6.45, 7) is 4.14. The SMILES string of the molecule is Cc1csc(NC(=O)c2ccc(C)c(C#CCN)c2)n1. The third kappa shape index (κ3) is 3.44. The van der Waals surface area contributed by atoms with Crippen LogP contribution >= 0.6 is 11.3 Å². The van der Waals surface area contributed by atoms with Gasteiger partial charge in [-0.2, -0.15) is 0 Å². The minimum absolute atomic E-state index is 0.185. The number of thiazole rings is 1. The van der Waals surface area contributed by atoms with Crippen molar-refractivity contribution in [2.75, 3.05) is 11.9 Å². The van der Waals surface area contributed by atoms with Crippen molar-refractivity contribution in [1.29, 1.82) is 0 Å². The second-order valence-electron chi connectivity index (χ2n) is 4.28. The Morgan fingerprint density at radius 2 is 2.25 bits per heavy atom. The number of aromatic nitrogens is 1. The fraction of sp³-hybridized carbons (Fsp3) is 0.200. The number of hydrogen-bond acceptors (Lipinski definition) is 4. The maximum atomic E-state index is 12.1. The van der Waals surface area contributed by atoms with Gasteiger partial charge in [0.2, 0.25) is 0 Å². The molecule has 0 bridgehead atoms. The molecule has 0 unspecified atom stereocenters. The number of hydrogen-bond donors (Lipinski definition) is 2. The van der Waals surface area contributed by atoms with Gasteiger partial charge in [0.05, 0.1) is 12.2 Å². The average molecular weight is 285 g/mol. The second-order valence-corrected chi connectivity index (χ2v) is 5.14. The van der Waals surface area contributed by atoms with Crippen LogP contribution in [0.1, 0.15) is 27.2 Å². The molecule has 3 N–H and O–H groups in total. The van der Waals surface area contributed by atoms with Crippen LogP contribution in [-0.4, -0.2) is 17.4 Å². The van der Waals surface area contributed by atoms with Gasteiger partial charge in [0.1, 0.15) is 0 Å². The molecule has 0 aliphatic carbocycles. The number of carbonyl (C=O) groups excluding carboxylic acids is 1. The number of benzene rings is 1. The molecule has 0 aliphatic heterocycles. The normalized spacial score (nSPS) is 9.75. The topological polar surface area (TPSA) is 68.0 Å². The van der Waals surface area contributed by atoms with E-state index in [9.17, 15) is 4.79 Å². The summed E-state index contributed by atoms with van der Waals surface area (Å²) in [7, 11) is 0. The molecule has 5 heteroatoms. The number of nitrogens with one attached hydrogen (secondary N) is 1. The monoisotopic (exact) mass is 285 g/mol. The molecule has 0 saturated carbocycles. The van der Waals surface area contributed by atoms with E-state index in [1.165, 1.54) is 11.3 Å². The molecule has 2 rings (SSSR count). The lowest BCUT2D eigenvalue weighted by Crippen LogP contribution is -2.12. The van der Waals surface area contributed by atoms with E-state index in [4.69, 9.17) is 5.73 Å². The van der Waals surface area contributed by atoms with Crippen molar-refractivity contribution in [3.05, 3.63) is 46.0 Å². The van der Waals surface area contributed by atoms with Crippen molar-refractivity contribution < 1.29 is 4.79 Å². The predicted octanol–water partition coefficient (Wildman–Crippen LogP) is 2.32. The molecule has 0 aliphatic rings. The van der Waals surface area contributed by atoms with Crippen LogP contribution in [0.15, 0.2) is 23.6 Å². The molecule has 1 aromatic heterocycles. The van der Waals surface area contributed by atoms with Crippen LogP contribution in [0.4, 0.5) is 5.13 Å². The van der Waals surface area contributed by atoms with E-state index >= 15 is 0 Å². The molecule has 20 heavy (non-hydrogen) atoms. The first-order valence-corrected chi connectivity index (χ1v) is 7.01. The zero-order valence-electron chi connectivity index (χ0n) is 11.4. The molecule has 2 aromatic rings. The van der Waals surface area contributed by atoms with Gasteiger partial charge in [-0.15, -0.1) is 11.3 Å². The quantitative estimate of drug-likeness (QED) is 0.832. The predicted molar refractivity (Wildman–Crippen MR) is 81.9 cm³/mol. The van der Waals surface area contributed by atoms with Crippen molar-refractivity contribution in [3.8, 4) is 11.8 Å². The number of rotatable bonds is 2. The minimum Gasteiger partial charge on any atom is -0.320 e. The molecule has 0 saturated heterocycles. The van der Waals surface area contributed by atoms with E-state index in [-0.39, 0.29) is 5.91 Å². The van der Waals surface area contributed by atoms with Crippen LogP contribution in [0.25, 0.3) is 0 Å². The molecular formula is C15H15N3OS. The Morgan fingerprint density at radius 3 is 2.90 bits per heavy atom. The highest BCUT2D eigenvalue weighted by Gasteiger charge is 2.09. The van der Waals surface area contributed by atoms with Crippen molar-refractivity contribution >= 4 is 22.4 Å². The van der Waals surface area contributed by atoms with Crippen LogP contribution in [0.3, 0.4) is 0 Å². The Balaban J connectivity index is 2.22. The summed E-state index contributed by atoms with van der Waals surface area (Å²) in [5.74, 6) is 5.58. The molecule has 1 aromatic carbocycles. The summed E-state index contributed by atoms with van der Waals surface area (Å²) in [5, 5.41) is 5.27. The molecule has 4 nitrogen and oxygen atoms in total. The Morgan fingerprint density at radius 1 is 1.45 bits per heavy atom.